The van der Waals surface area contributed by atoms with E-state index in [0.717, 1.165) is 11.8 Å². The summed E-state index contributed by atoms with van der Waals surface area (Å²) in [5.41, 5.74) is 8.07. The molecule has 7 heteroatoms. The second-order valence-electron chi connectivity index (χ2n) is 4.00. The molecule has 0 atom stereocenters. The molecule has 19 heavy (non-hydrogen) atoms. The van der Waals surface area contributed by atoms with Crippen molar-refractivity contribution in [3.8, 4) is 0 Å². The van der Waals surface area contributed by atoms with Gasteiger partial charge in [0.25, 0.3) is 10.8 Å². The van der Waals surface area contributed by atoms with Gasteiger partial charge < -0.3 is 15.1 Å². The van der Waals surface area contributed by atoms with E-state index in [1.54, 1.807) is 25.1 Å². The molecule has 0 fully saturated rings. The molecule has 0 bridgehead atoms. The minimum absolute atomic E-state index is 0.199. The quantitative estimate of drug-likeness (QED) is 0.547. The van der Waals surface area contributed by atoms with E-state index in [9.17, 15) is 4.79 Å². The molecule has 96 valence electrons. The van der Waals surface area contributed by atoms with E-state index in [0.29, 0.717) is 32.9 Å². The Morgan fingerprint density at radius 1 is 1.32 bits per heavy atom. The maximum Gasteiger partial charge on any atom is 0.264 e. The van der Waals surface area contributed by atoms with Crippen LogP contribution in [0.1, 0.15) is 5.69 Å². The van der Waals surface area contributed by atoms with Crippen molar-refractivity contribution in [2.24, 2.45) is 0 Å². The lowest BCUT2D eigenvalue weighted by Gasteiger charge is -1.96. The number of H-pyrrole nitrogens is 1. The molecule has 1 aromatic carbocycles. The van der Waals surface area contributed by atoms with Gasteiger partial charge in [-0.15, -0.1) is 0 Å². The van der Waals surface area contributed by atoms with E-state index >= 15 is 0 Å². The van der Waals surface area contributed by atoms with Crippen LogP contribution in [0.3, 0.4) is 0 Å². The Balaban J connectivity index is 1.98. The molecule has 0 aliphatic heterocycles. The van der Waals surface area contributed by atoms with Gasteiger partial charge in [-0.25, -0.2) is 9.97 Å². The fourth-order valence-electron chi connectivity index (χ4n) is 1.65. The highest BCUT2D eigenvalue weighted by molar-refractivity contribution is 7.98. The van der Waals surface area contributed by atoms with Crippen molar-refractivity contribution in [1.82, 2.24) is 15.0 Å². The predicted molar refractivity (Wildman–Crippen MR) is 72.1 cm³/mol. The number of aromatic nitrogens is 3. The number of rotatable bonds is 2. The Labute approximate surface area is 112 Å². The molecule has 3 rings (SSSR count). The van der Waals surface area contributed by atoms with Gasteiger partial charge in [0.15, 0.2) is 10.7 Å². The Morgan fingerprint density at radius 2 is 2.16 bits per heavy atom. The Hall–Kier alpha value is -2.28. The first-order chi connectivity index (χ1) is 9.10. The SMILES string of the molecule is Cc1cc(=O)[nH]c(Sc2nc3cc(N)ccc3o2)n1. The van der Waals surface area contributed by atoms with E-state index in [2.05, 4.69) is 15.0 Å². The van der Waals surface area contributed by atoms with Crippen molar-refractivity contribution in [2.45, 2.75) is 17.3 Å². The maximum absolute atomic E-state index is 11.3. The molecule has 2 heterocycles. The molecule has 0 spiro atoms. The zero-order valence-corrected chi connectivity index (χ0v) is 10.8. The van der Waals surface area contributed by atoms with Crippen LogP contribution in [0, 0.1) is 6.92 Å². The van der Waals surface area contributed by atoms with Crippen LogP contribution in [-0.4, -0.2) is 15.0 Å². The number of oxazole rings is 1. The highest BCUT2D eigenvalue weighted by Gasteiger charge is 2.09. The molecule has 0 aliphatic rings. The standard InChI is InChI=1S/C12H10N4O2S/c1-6-4-10(17)16-11(14-6)19-12-15-8-5-7(13)2-3-9(8)18-12/h2-5H,13H2,1H3,(H,14,16,17). The largest absolute Gasteiger partial charge is 0.431 e. The summed E-state index contributed by atoms with van der Waals surface area (Å²) in [6.45, 7) is 1.76. The van der Waals surface area contributed by atoms with Crippen LogP contribution in [0.15, 0.2) is 43.9 Å². The van der Waals surface area contributed by atoms with Gasteiger partial charge >= 0.3 is 0 Å². The zero-order chi connectivity index (χ0) is 13.4. The zero-order valence-electron chi connectivity index (χ0n) is 10.0. The Kier molecular flexibility index (Phi) is 2.75. The average molecular weight is 274 g/mol. The summed E-state index contributed by atoms with van der Waals surface area (Å²) < 4.78 is 5.54. The molecule has 3 aromatic rings. The number of nitrogens with two attached hydrogens (primary N) is 1. The number of nitrogen functional groups attached to an aromatic ring is 1. The molecule has 0 amide bonds. The lowest BCUT2D eigenvalue weighted by molar-refractivity contribution is 0.488. The molecule has 2 aromatic heterocycles. The summed E-state index contributed by atoms with van der Waals surface area (Å²) in [5.74, 6) is 0. The molecular formula is C12H10N4O2S. The van der Waals surface area contributed by atoms with Crippen LogP contribution in [0.25, 0.3) is 11.1 Å². The highest BCUT2D eigenvalue weighted by atomic mass is 32.2. The molecular weight excluding hydrogens is 264 g/mol. The van der Waals surface area contributed by atoms with Crippen molar-refractivity contribution < 1.29 is 4.42 Å². The van der Waals surface area contributed by atoms with Crippen molar-refractivity contribution >= 4 is 28.5 Å². The number of anilines is 1. The number of nitrogens with zero attached hydrogens (tertiary/aromatic N) is 2. The van der Waals surface area contributed by atoms with E-state index < -0.39 is 0 Å². The third-order valence-electron chi connectivity index (χ3n) is 2.42. The van der Waals surface area contributed by atoms with Crippen LogP contribution in [-0.2, 0) is 0 Å². The second-order valence-corrected chi connectivity index (χ2v) is 4.94. The third kappa shape index (κ3) is 2.45. The number of aryl methyl sites for hydroxylation is 1. The number of nitrogens with one attached hydrogen (secondary N) is 1. The topological polar surface area (TPSA) is 97.8 Å². The van der Waals surface area contributed by atoms with Gasteiger partial charge in [0, 0.05) is 29.2 Å². The second kappa shape index (κ2) is 4.43. The van der Waals surface area contributed by atoms with Crippen LogP contribution < -0.4 is 11.3 Å². The third-order valence-corrected chi connectivity index (χ3v) is 3.16. The van der Waals surface area contributed by atoms with Crippen molar-refractivity contribution in [2.75, 3.05) is 5.73 Å². The Morgan fingerprint density at radius 3 is 2.95 bits per heavy atom. The summed E-state index contributed by atoms with van der Waals surface area (Å²) in [6.07, 6.45) is 0. The van der Waals surface area contributed by atoms with E-state index in [4.69, 9.17) is 10.2 Å². The predicted octanol–water partition coefficient (Wildman–Crippen LogP) is 1.95. The van der Waals surface area contributed by atoms with Crippen molar-refractivity contribution in [3.05, 3.63) is 40.3 Å². The minimum Gasteiger partial charge on any atom is -0.431 e. The normalized spacial score (nSPS) is 11.0. The molecule has 0 unspecified atom stereocenters. The minimum atomic E-state index is -0.199. The number of hydrogen-bond donors (Lipinski definition) is 2. The first kappa shape index (κ1) is 11.8. The molecule has 0 radical (unpaired) electrons. The number of benzene rings is 1. The summed E-state index contributed by atoms with van der Waals surface area (Å²) in [6, 6.07) is 6.66. The van der Waals surface area contributed by atoms with E-state index in [1.807, 2.05) is 0 Å². The van der Waals surface area contributed by atoms with Crippen LogP contribution >= 0.6 is 11.8 Å². The summed E-state index contributed by atoms with van der Waals surface area (Å²) >= 11 is 1.16. The highest BCUT2D eigenvalue weighted by Crippen LogP contribution is 2.27. The van der Waals surface area contributed by atoms with Gasteiger partial charge in [-0.2, -0.15) is 0 Å². The lowest BCUT2D eigenvalue weighted by atomic mass is 10.3. The number of hydrogen-bond acceptors (Lipinski definition) is 6. The lowest BCUT2D eigenvalue weighted by Crippen LogP contribution is -2.07. The van der Waals surface area contributed by atoms with Crippen molar-refractivity contribution in [3.63, 3.8) is 0 Å². The summed E-state index contributed by atoms with van der Waals surface area (Å²) in [4.78, 5) is 22.4. The van der Waals surface area contributed by atoms with Gasteiger partial charge in [0.05, 0.1) is 0 Å². The molecule has 0 saturated carbocycles. The first-order valence-electron chi connectivity index (χ1n) is 5.52. The fourth-order valence-corrected chi connectivity index (χ4v) is 2.43. The smallest absolute Gasteiger partial charge is 0.264 e. The van der Waals surface area contributed by atoms with Gasteiger partial charge in [-0.1, -0.05) is 0 Å². The molecule has 0 saturated heterocycles. The van der Waals surface area contributed by atoms with Gasteiger partial charge in [0.2, 0.25) is 0 Å². The fraction of sp³-hybridized carbons (Fsp3) is 0.0833. The average Bonchev–Trinajstić information content (AvgIpc) is 2.68. The van der Waals surface area contributed by atoms with Gasteiger partial charge in [-0.05, 0) is 25.1 Å². The van der Waals surface area contributed by atoms with Gasteiger partial charge in [-0.3, -0.25) is 4.79 Å². The molecule has 6 nitrogen and oxygen atoms in total. The first-order valence-corrected chi connectivity index (χ1v) is 6.34. The maximum atomic E-state index is 11.3. The monoisotopic (exact) mass is 274 g/mol. The number of aromatic amines is 1. The summed E-state index contributed by atoms with van der Waals surface area (Å²) in [5, 5.41) is 0.860. The van der Waals surface area contributed by atoms with Crippen LogP contribution in [0.4, 0.5) is 5.69 Å². The van der Waals surface area contributed by atoms with Crippen molar-refractivity contribution in [1.29, 1.82) is 0 Å². The van der Waals surface area contributed by atoms with Crippen LogP contribution in [0.5, 0.6) is 0 Å². The Bertz CT molecular complexity index is 809. The van der Waals surface area contributed by atoms with Crippen LogP contribution in [0.2, 0.25) is 0 Å². The molecule has 0 aliphatic carbocycles. The number of fused-ring (bicyclic) bond motifs is 1. The molecule has 3 N–H and O–H groups in total. The van der Waals surface area contributed by atoms with E-state index in [-0.39, 0.29) is 5.56 Å². The van der Waals surface area contributed by atoms with Gasteiger partial charge in [0.1, 0.15) is 5.52 Å². The summed E-state index contributed by atoms with van der Waals surface area (Å²) in [7, 11) is 0. The van der Waals surface area contributed by atoms with E-state index in [1.165, 1.54) is 6.07 Å².